The Labute approximate surface area is 157 Å². The third kappa shape index (κ3) is 4.70. The Bertz CT molecular complexity index is 828. The average Bonchev–Trinajstić information content (AvgIpc) is 2.62. The van der Waals surface area contributed by atoms with Gasteiger partial charge in [-0.3, -0.25) is 4.79 Å². The van der Waals surface area contributed by atoms with E-state index in [2.05, 4.69) is 11.4 Å². The summed E-state index contributed by atoms with van der Waals surface area (Å²) >= 11 is 0. The van der Waals surface area contributed by atoms with Crippen LogP contribution < -0.4 is 5.32 Å². The molecule has 6 heteroatoms. The van der Waals surface area contributed by atoms with Gasteiger partial charge in [0.05, 0.1) is 0 Å². The van der Waals surface area contributed by atoms with Gasteiger partial charge in [-0.05, 0) is 43.0 Å². The standard InChI is InChI=1S/C21H24F2N2O2/c1-15-4-2-5-16(10-15)12-24-14-21(27)8-3-9-25(20(21)26)13-17-6-7-18(22)19(23)11-17/h2,4-7,10-11,24,27H,3,8-9,12-14H2,1H3. The number of halogens is 2. The highest BCUT2D eigenvalue weighted by atomic mass is 19.2. The van der Waals surface area contributed by atoms with E-state index >= 15 is 0 Å². The normalized spacial score (nSPS) is 20.1. The van der Waals surface area contributed by atoms with Gasteiger partial charge in [0.1, 0.15) is 0 Å². The molecule has 3 rings (SSSR count). The number of carbonyl (C=O) groups excluding carboxylic acids is 1. The number of benzene rings is 2. The number of carbonyl (C=O) groups is 1. The van der Waals surface area contributed by atoms with E-state index in [9.17, 15) is 18.7 Å². The van der Waals surface area contributed by atoms with Gasteiger partial charge in [-0.25, -0.2) is 8.78 Å². The summed E-state index contributed by atoms with van der Waals surface area (Å²) in [6.07, 6.45) is 1.03. The Morgan fingerprint density at radius 2 is 1.96 bits per heavy atom. The van der Waals surface area contributed by atoms with Crippen LogP contribution in [0.5, 0.6) is 0 Å². The number of likely N-dealkylation sites (tertiary alicyclic amines) is 1. The average molecular weight is 374 g/mol. The molecule has 0 aliphatic carbocycles. The molecule has 144 valence electrons. The Morgan fingerprint density at radius 3 is 2.70 bits per heavy atom. The van der Waals surface area contributed by atoms with Crippen LogP contribution in [0.25, 0.3) is 0 Å². The van der Waals surface area contributed by atoms with Gasteiger partial charge in [-0.1, -0.05) is 35.9 Å². The number of nitrogens with zero attached hydrogens (tertiary/aromatic N) is 1. The van der Waals surface area contributed by atoms with Crippen LogP contribution in [0.2, 0.25) is 0 Å². The molecule has 1 saturated heterocycles. The molecule has 0 saturated carbocycles. The SMILES string of the molecule is Cc1cccc(CNCC2(O)CCCN(Cc3ccc(F)c(F)c3)C2=O)c1. The van der Waals surface area contributed by atoms with Crippen LogP contribution in [0, 0.1) is 18.6 Å². The molecule has 1 amide bonds. The van der Waals surface area contributed by atoms with E-state index in [0.29, 0.717) is 31.5 Å². The molecule has 0 bridgehead atoms. The molecule has 0 spiro atoms. The maximum Gasteiger partial charge on any atom is 0.256 e. The second kappa shape index (κ2) is 8.15. The second-order valence-corrected chi connectivity index (χ2v) is 7.20. The molecule has 4 nitrogen and oxygen atoms in total. The van der Waals surface area contributed by atoms with Crippen molar-refractivity contribution < 1.29 is 18.7 Å². The van der Waals surface area contributed by atoms with Crippen molar-refractivity contribution in [3.63, 3.8) is 0 Å². The minimum atomic E-state index is -1.49. The van der Waals surface area contributed by atoms with Gasteiger partial charge < -0.3 is 15.3 Å². The van der Waals surface area contributed by atoms with E-state index in [1.54, 1.807) is 0 Å². The minimum Gasteiger partial charge on any atom is -0.379 e. The van der Waals surface area contributed by atoms with Crippen molar-refractivity contribution in [1.29, 1.82) is 0 Å². The van der Waals surface area contributed by atoms with Crippen LogP contribution in [0.4, 0.5) is 8.78 Å². The zero-order chi connectivity index (χ0) is 19.4. The number of aryl methyl sites for hydroxylation is 1. The lowest BCUT2D eigenvalue weighted by Gasteiger charge is -2.38. The monoisotopic (exact) mass is 374 g/mol. The molecule has 1 fully saturated rings. The van der Waals surface area contributed by atoms with Crippen molar-refractivity contribution >= 4 is 5.91 Å². The van der Waals surface area contributed by atoms with Crippen LogP contribution in [0.1, 0.15) is 29.5 Å². The molecule has 2 aromatic carbocycles. The van der Waals surface area contributed by atoms with Gasteiger partial charge in [-0.15, -0.1) is 0 Å². The summed E-state index contributed by atoms with van der Waals surface area (Å²) in [4.78, 5) is 14.3. The summed E-state index contributed by atoms with van der Waals surface area (Å²) in [6, 6.07) is 11.6. The van der Waals surface area contributed by atoms with Crippen LogP contribution in [-0.2, 0) is 17.9 Å². The Hall–Kier alpha value is -2.31. The van der Waals surface area contributed by atoms with E-state index in [1.165, 1.54) is 11.0 Å². The maximum absolute atomic E-state index is 13.4. The highest BCUT2D eigenvalue weighted by Gasteiger charge is 2.41. The topological polar surface area (TPSA) is 52.6 Å². The Morgan fingerprint density at radius 1 is 1.15 bits per heavy atom. The highest BCUT2D eigenvalue weighted by Crippen LogP contribution is 2.24. The fourth-order valence-electron chi connectivity index (χ4n) is 3.47. The summed E-state index contributed by atoms with van der Waals surface area (Å²) in [5.74, 6) is -2.23. The van der Waals surface area contributed by atoms with Crippen molar-refractivity contribution in [3.05, 3.63) is 70.8 Å². The summed E-state index contributed by atoms with van der Waals surface area (Å²) in [5, 5.41) is 14.0. The Kier molecular flexibility index (Phi) is 5.87. The highest BCUT2D eigenvalue weighted by molar-refractivity contribution is 5.86. The van der Waals surface area contributed by atoms with Gasteiger partial charge in [0, 0.05) is 26.2 Å². The minimum absolute atomic E-state index is 0.147. The van der Waals surface area contributed by atoms with Crippen molar-refractivity contribution in [1.82, 2.24) is 10.2 Å². The number of rotatable bonds is 6. The van der Waals surface area contributed by atoms with Crippen molar-refractivity contribution in [2.75, 3.05) is 13.1 Å². The number of nitrogens with one attached hydrogen (secondary N) is 1. The molecule has 1 aliphatic rings. The first-order valence-electron chi connectivity index (χ1n) is 9.09. The first-order valence-corrected chi connectivity index (χ1v) is 9.09. The molecule has 27 heavy (non-hydrogen) atoms. The van der Waals surface area contributed by atoms with Gasteiger partial charge >= 0.3 is 0 Å². The van der Waals surface area contributed by atoms with Gasteiger partial charge in [-0.2, -0.15) is 0 Å². The predicted molar refractivity (Wildman–Crippen MR) is 98.8 cm³/mol. The van der Waals surface area contributed by atoms with Crippen molar-refractivity contribution in [2.45, 2.75) is 38.5 Å². The van der Waals surface area contributed by atoms with E-state index in [-0.39, 0.29) is 19.0 Å². The maximum atomic E-state index is 13.4. The molecule has 0 radical (unpaired) electrons. The fourth-order valence-corrected chi connectivity index (χ4v) is 3.47. The predicted octanol–water partition coefficient (Wildman–Crippen LogP) is 2.92. The third-order valence-corrected chi connectivity index (χ3v) is 4.89. The zero-order valence-electron chi connectivity index (χ0n) is 15.3. The quantitative estimate of drug-likeness (QED) is 0.818. The van der Waals surface area contributed by atoms with E-state index in [4.69, 9.17) is 0 Å². The smallest absolute Gasteiger partial charge is 0.256 e. The molecule has 1 heterocycles. The zero-order valence-corrected chi connectivity index (χ0v) is 15.3. The molecule has 1 atom stereocenters. The van der Waals surface area contributed by atoms with Gasteiger partial charge in [0.15, 0.2) is 17.2 Å². The molecule has 2 N–H and O–H groups in total. The van der Waals surface area contributed by atoms with Crippen molar-refractivity contribution in [3.8, 4) is 0 Å². The lowest BCUT2D eigenvalue weighted by Crippen LogP contribution is -2.57. The third-order valence-electron chi connectivity index (χ3n) is 4.89. The number of aliphatic hydroxyl groups is 1. The van der Waals surface area contributed by atoms with Crippen LogP contribution >= 0.6 is 0 Å². The first kappa shape index (κ1) is 19.5. The van der Waals surface area contributed by atoms with E-state index in [0.717, 1.165) is 23.3 Å². The molecule has 1 aliphatic heterocycles. The summed E-state index contributed by atoms with van der Waals surface area (Å²) in [5.41, 5.74) is 1.25. The lowest BCUT2D eigenvalue weighted by molar-refractivity contribution is -0.157. The molecule has 1 unspecified atom stereocenters. The first-order chi connectivity index (χ1) is 12.9. The number of amides is 1. The number of hydrogen-bond donors (Lipinski definition) is 2. The summed E-state index contributed by atoms with van der Waals surface area (Å²) in [6.45, 7) is 3.35. The fraction of sp³-hybridized carbons (Fsp3) is 0.381. The van der Waals surface area contributed by atoms with Crippen LogP contribution in [-0.4, -0.2) is 34.6 Å². The largest absolute Gasteiger partial charge is 0.379 e. The van der Waals surface area contributed by atoms with Gasteiger partial charge in [0.2, 0.25) is 0 Å². The van der Waals surface area contributed by atoms with Crippen molar-refractivity contribution in [2.24, 2.45) is 0 Å². The number of hydrogen-bond acceptors (Lipinski definition) is 3. The second-order valence-electron chi connectivity index (χ2n) is 7.20. The van der Waals surface area contributed by atoms with E-state index in [1.807, 2.05) is 25.1 Å². The summed E-state index contributed by atoms with van der Waals surface area (Å²) in [7, 11) is 0. The molecule has 2 aromatic rings. The van der Waals surface area contributed by atoms with Crippen LogP contribution in [0.3, 0.4) is 0 Å². The Balaban J connectivity index is 1.61. The summed E-state index contributed by atoms with van der Waals surface area (Å²) < 4.78 is 26.5. The lowest BCUT2D eigenvalue weighted by atomic mass is 9.91. The molecular weight excluding hydrogens is 350 g/mol. The molecular formula is C21H24F2N2O2. The van der Waals surface area contributed by atoms with Gasteiger partial charge in [0.25, 0.3) is 5.91 Å². The van der Waals surface area contributed by atoms with E-state index < -0.39 is 17.2 Å². The number of piperidine rings is 1. The van der Waals surface area contributed by atoms with Crippen LogP contribution in [0.15, 0.2) is 42.5 Å². The molecule has 0 aromatic heterocycles.